The van der Waals surface area contributed by atoms with Gasteiger partial charge in [-0.15, -0.1) is 0 Å². The molecule has 9 heteroatoms. The number of carbonyl (C=O) groups excluding carboxylic acids is 1. The molecule has 1 unspecified atom stereocenters. The van der Waals surface area contributed by atoms with Crippen LogP contribution in [0.2, 0.25) is 10.0 Å². The largest absolute Gasteiger partial charge is 0.353 e. The number of hydrogen-bond donors (Lipinski definition) is 2. The molecule has 20 heavy (non-hydrogen) atoms. The summed E-state index contributed by atoms with van der Waals surface area (Å²) in [5.41, 5.74) is 0.394. The van der Waals surface area contributed by atoms with Gasteiger partial charge in [0.1, 0.15) is 11.7 Å². The second-order valence-corrected chi connectivity index (χ2v) is 5.02. The van der Waals surface area contributed by atoms with E-state index in [1.165, 1.54) is 6.20 Å². The second kappa shape index (κ2) is 5.35. The normalized spacial score (nSPS) is 18.9. The minimum atomic E-state index is -0.222. The predicted octanol–water partition coefficient (Wildman–Crippen LogP) is 1.20. The van der Waals surface area contributed by atoms with Crippen molar-refractivity contribution in [2.75, 3.05) is 13.1 Å². The van der Waals surface area contributed by atoms with E-state index in [9.17, 15) is 4.79 Å². The summed E-state index contributed by atoms with van der Waals surface area (Å²) in [6, 6.07) is 1.33. The Morgan fingerprint density at radius 2 is 2.25 bits per heavy atom. The number of hydrogen-bond acceptors (Lipinski definition) is 6. The zero-order valence-corrected chi connectivity index (χ0v) is 11.6. The van der Waals surface area contributed by atoms with Crippen molar-refractivity contribution in [3.8, 4) is 11.5 Å². The highest BCUT2D eigenvalue weighted by molar-refractivity contribution is 6.35. The third-order valence-electron chi connectivity index (χ3n) is 2.77. The van der Waals surface area contributed by atoms with Crippen molar-refractivity contribution in [1.29, 1.82) is 0 Å². The van der Waals surface area contributed by atoms with Crippen molar-refractivity contribution in [2.24, 2.45) is 0 Å². The second-order valence-electron chi connectivity index (χ2n) is 4.18. The predicted molar refractivity (Wildman–Crippen MR) is 71.3 cm³/mol. The Labute approximate surface area is 123 Å². The van der Waals surface area contributed by atoms with E-state index in [4.69, 9.17) is 27.7 Å². The van der Waals surface area contributed by atoms with Crippen LogP contribution in [-0.2, 0) is 4.79 Å². The quantitative estimate of drug-likeness (QED) is 0.865. The molecule has 1 fully saturated rings. The molecule has 7 nitrogen and oxygen atoms in total. The van der Waals surface area contributed by atoms with Gasteiger partial charge in [0, 0.05) is 12.7 Å². The van der Waals surface area contributed by atoms with Gasteiger partial charge in [-0.1, -0.05) is 28.4 Å². The fourth-order valence-electron chi connectivity index (χ4n) is 1.79. The summed E-state index contributed by atoms with van der Waals surface area (Å²) in [5, 5.41) is 10.3. The van der Waals surface area contributed by atoms with Crippen LogP contribution in [0, 0.1) is 0 Å². The van der Waals surface area contributed by atoms with E-state index in [0.29, 0.717) is 28.2 Å². The number of halogens is 2. The number of rotatable bonds is 2. The minimum Gasteiger partial charge on any atom is -0.353 e. The standard InChI is InChI=1S/C11H9Cl2N5O2/c12-5-1-6(13)9(16-2-5)10-17-11(20-18-10)7-3-15-8(19)4-14-7/h1-2,7,14H,3-4H2,(H,15,19). The fourth-order valence-corrected chi connectivity index (χ4v) is 2.26. The molecule has 3 rings (SSSR count). The Morgan fingerprint density at radius 3 is 2.95 bits per heavy atom. The van der Waals surface area contributed by atoms with Crippen LogP contribution in [0.15, 0.2) is 16.8 Å². The van der Waals surface area contributed by atoms with Gasteiger partial charge in [0.05, 0.1) is 16.6 Å². The van der Waals surface area contributed by atoms with Gasteiger partial charge in [0.25, 0.3) is 0 Å². The molecule has 0 spiro atoms. The van der Waals surface area contributed by atoms with Crippen molar-refractivity contribution in [3.63, 3.8) is 0 Å². The third kappa shape index (κ3) is 2.60. The van der Waals surface area contributed by atoms with E-state index in [1.54, 1.807) is 6.07 Å². The summed E-state index contributed by atoms with van der Waals surface area (Å²) in [6.45, 7) is 0.602. The molecule has 0 aromatic carbocycles. The van der Waals surface area contributed by atoms with E-state index < -0.39 is 0 Å². The maximum Gasteiger partial charge on any atom is 0.245 e. The first-order chi connectivity index (χ1) is 9.63. The Hall–Kier alpha value is -1.70. The average Bonchev–Trinajstić information content (AvgIpc) is 2.89. The Bertz CT molecular complexity index is 650. The van der Waals surface area contributed by atoms with Crippen molar-refractivity contribution >= 4 is 29.1 Å². The molecule has 1 amide bonds. The number of nitrogens with one attached hydrogen (secondary N) is 2. The van der Waals surface area contributed by atoms with Gasteiger partial charge in [-0.05, 0) is 6.07 Å². The van der Waals surface area contributed by atoms with E-state index in [2.05, 4.69) is 25.8 Å². The van der Waals surface area contributed by atoms with E-state index in [0.717, 1.165) is 0 Å². The summed E-state index contributed by atoms with van der Waals surface area (Å²) in [6.07, 6.45) is 1.46. The monoisotopic (exact) mass is 313 g/mol. The first kappa shape index (κ1) is 13.3. The first-order valence-electron chi connectivity index (χ1n) is 5.78. The van der Waals surface area contributed by atoms with Crippen LogP contribution in [0.25, 0.3) is 11.5 Å². The fraction of sp³-hybridized carbons (Fsp3) is 0.273. The SMILES string of the molecule is O=C1CNC(c2nc(-c3ncc(Cl)cc3Cl)no2)CN1. The first-order valence-corrected chi connectivity index (χ1v) is 6.54. The molecule has 1 atom stereocenters. The van der Waals surface area contributed by atoms with Gasteiger partial charge in [-0.3, -0.25) is 10.1 Å². The van der Waals surface area contributed by atoms with E-state index in [1.807, 2.05) is 0 Å². The van der Waals surface area contributed by atoms with Crippen LogP contribution >= 0.6 is 23.2 Å². The Balaban J connectivity index is 1.84. The number of carbonyl (C=O) groups is 1. The summed E-state index contributed by atoms with van der Waals surface area (Å²) in [4.78, 5) is 19.4. The highest BCUT2D eigenvalue weighted by Crippen LogP contribution is 2.26. The van der Waals surface area contributed by atoms with Crippen LogP contribution in [0.3, 0.4) is 0 Å². The summed E-state index contributed by atoms with van der Waals surface area (Å²) >= 11 is 11.8. The zero-order valence-electron chi connectivity index (χ0n) is 10.1. The maximum atomic E-state index is 11.1. The highest BCUT2D eigenvalue weighted by atomic mass is 35.5. The molecular formula is C11H9Cl2N5O2. The molecular weight excluding hydrogens is 305 g/mol. The van der Waals surface area contributed by atoms with Crippen molar-refractivity contribution in [3.05, 3.63) is 28.2 Å². The van der Waals surface area contributed by atoms with Gasteiger partial charge in [0.2, 0.25) is 17.6 Å². The minimum absolute atomic E-state index is 0.0663. The van der Waals surface area contributed by atoms with Crippen LogP contribution in [-0.4, -0.2) is 34.1 Å². The lowest BCUT2D eigenvalue weighted by atomic mass is 10.2. The Morgan fingerprint density at radius 1 is 1.40 bits per heavy atom. The maximum absolute atomic E-state index is 11.1. The molecule has 0 bridgehead atoms. The molecule has 1 aliphatic heterocycles. The smallest absolute Gasteiger partial charge is 0.245 e. The highest BCUT2D eigenvalue weighted by Gasteiger charge is 2.25. The van der Waals surface area contributed by atoms with Crippen LogP contribution in [0.5, 0.6) is 0 Å². The number of aromatic nitrogens is 3. The van der Waals surface area contributed by atoms with Gasteiger partial charge >= 0.3 is 0 Å². The van der Waals surface area contributed by atoms with Gasteiger partial charge < -0.3 is 9.84 Å². The molecule has 0 radical (unpaired) electrons. The van der Waals surface area contributed by atoms with Crippen molar-refractivity contribution < 1.29 is 9.32 Å². The molecule has 1 aliphatic rings. The summed E-state index contributed by atoms with van der Waals surface area (Å²) < 4.78 is 5.17. The molecule has 3 heterocycles. The lowest BCUT2D eigenvalue weighted by Crippen LogP contribution is -2.47. The molecule has 2 aromatic heterocycles. The molecule has 1 saturated heterocycles. The van der Waals surface area contributed by atoms with Gasteiger partial charge in [-0.2, -0.15) is 4.98 Å². The third-order valence-corrected chi connectivity index (χ3v) is 3.27. The van der Waals surface area contributed by atoms with Gasteiger partial charge in [-0.25, -0.2) is 4.98 Å². The summed E-state index contributed by atoms with van der Waals surface area (Å²) in [7, 11) is 0. The number of nitrogens with zero attached hydrogens (tertiary/aromatic N) is 3. The molecule has 104 valence electrons. The number of amides is 1. The van der Waals surface area contributed by atoms with Gasteiger partial charge in [0.15, 0.2) is 0 Å². The molecule has 0 aliphatic carbocycles. The zero-order chi connectivity index (χ0) is 14.1. The number of pyridine rings is 1. The molecule has 2 aromatic rings. The lowest BCUT2D eigenvalue weighted by Gasteiger charge is -2.20. The van der Waals surface area contributed by atoms with Crippen molar-refractivity contribution in [1.82, 2.24) is 25.8 Å². The van der Waals surface area contributed by atoms with E-state index in [-0.39, 0.29) is 24.3 Å². The van der Waals surface area contributed by atoms with Crippen LogP contribution < -0.4 is 10.6 Å². The number of piperazine rings is 1. The lowest BCUT2D eigenvalue weighted by molar-refractivity contribution is -0.121. The topological polar surface area (TPSA) is 92.9 Å². The molecule has 0 saturated carbocycles. The van der Waals surface area contributed by atoms with E-state index >= 15 is 0 Å². The average molecular weight is 314 g/mol. The van der Waals surface area contributed by atoms with Crippen LogP contribution in [0.4, 0.5) is 0 Å². The van der Waals surface area contributed by atoms with Crippen LogP contribution in [0.1, 0.15) is 11.9 Å². The Kier molecular flexibility index (Phi) is 3.56. The van der Waals surface area contributed by atoms with Crippen molar-refractivity contribution in [2.45, 2.75) is 6.04 Å². The summed E-state index contributed by atoms with van der Waals surface area (Å²) in [5.74, 6) is 0.580. The molecule has 2 N–H and O–H groups in total.